The van der Waals surface area contributed by atoms with E-state index >= 15 is 0 Å². The zero-order chi connectivity index (χ0) is 11.6. The fourth-order valence-corrected chi connectivity index (χ4v) is 1.17. The van der Waals surface area contributed by atoms with Crippen LogP contribution in [0.3, 0.4) is 0 Å². The summed E-state index contributed by atoms with van der Waals surface area (Å²) in [6.07, 6.45) is 0.0977. The first-order valence-corrected chi connectivity index (χ1v) is 4.40. The molecule has 82 valence electrons. The number of benzene rings is 1. The first-order valence-electron chi connectivity index (χ1n) is 4.40. The van der Waals surface area contributed by atoms with E-state index in [0.717, 1.165) is 17.7 Å². The number of aliphatic hydroxyl groups excluding tert-OH is 1. The van der Waals surface area contributed by atoms with Crippen molar-refractivity contribution in [3.8, 4) is 0 Å². The Balaban J connectivity index is 3.16. The Morgan fingerprint density at radius 3 is 2.33 bits per heavy atom. The summed E-state index contributed by atoms with van der Waals surface area (Å²) < 4.78 is 38.5. The second kappa shape index (κ2) is 4.49. The van der Waals surface area contributed by atoms with Gasteiger partial charge in [0, 0.05) is 5.56 Å². The lowest BCUT2D eigenvalue weighted by atomic mass is 10.1. The Kier molecular flexibility index (Phi) is 3.52. The van der Waals surface area contributed by atoms with Crippen molar-refractivity contribution in [2.75, 3.05) is 0 Å². The molecule has 0 saturated carbocycles. The Bertz CT molecular complexity index is 395. The van der Waals surface area contributed by atoms with Gasteiger partial charge in [-0.3, -0.25) is 0 Å². The molecule has 0 spiro atoms. The van der Waals surface area contributed by atoms with E-state index in [2.05, 4.69) is 0 Å². The summed E-state index contributed by atoms with van der Waals surface area (Å²) in [7, 11) is 0. The van der Waals surface area contributed by atoms with Crippen molar-refractivity contribution < 1.29 is 18.3 Å². The molecule has 0 aliphatic heterocycles. The van der Waals surface area contributed by atoms with E-state index in [1.807, 2.05) is 0 Å². The van der Waals surface area contributed by atoms with Crippen molar-refractivity contribution in [2.24, 2.45) is 0 Å². The molecule has 1 nitrogen and oxygen atoms in total. The van der Waals surface area contributed by atoms with Crippen LogP contribution in [0.15, 0.2) is 23.8 Å². The van der Waals surface area contributed by atoms with Crippen LogP contribution in [0.25, 0.3) is 0 Å². The van der Waals surface area contributed by atoms with Crippen molar-refractivity contribution in [3.63, 3.8) is 0 Å². The fourth-order valence-electron chi connectivity index (χ4n) is 1.17. The third kappa shape index (κ3) is 2.59. The van der Waals surface area contributed by atoms with E-state index in [4.69, 9.17) is 0 Å². The predicted octanol–water partition coefficient (Wildman–Crippen LogP) is 3.10. The molecule has 1 unspecified atom stereocenters. The largest absolute Gasteiger partial charge is 0.384 e. The van der Waals surface area contributed by atoms with Crippen LogP contribution in [0.5, 0.6) is 0 Å². The smallest absolute Gasteiger partial charge is 0.194 e. The van der Waals surface area contributed by atoms with Gasteiger partial charge in [-0.2, -0.15) is 0 Å². The summed E-state index contributed by atoms with van der Waals surface area (Å²) in [5.74, 6) is -4.17. The van der Waals surface area contributed by atoms with E-state index in [-0.39, 0.29) is 5.56 Å². The van der Waals surface area contributed by atoms with Gasteiger partial charge in [0.15, 0.2) is 17.5 Å². The first-order chi connectivity index (χ1) is 6.93. The topological polar surface area (TPSA) is 20.2 Å². The summed E-state index contributed by atoms with van der Waals surface area (Å²) in [4.78, 5) is 0. The number of halogens is 3. The van der Waals surface area contributed by atoms with Crippen molar-refractivity contribution in [1.82, 2.24) is 0 Å². The third-order valence-corrected chi connectivity index (χ3v) is 1.87. The molecule has 0 fully saturated rings. The molecule has 1 aromatic carbocycles. The quantitative estimate of drug-likeness (QED) is 0.595. The maximum atomic E-state index is 13.2. The van der Waals surface area contributed by atoms with Gasteiger partial charge in [0.1, 0.15) is 6.10 Å². The summed E-state index contributed by atoms with van der Waals surface area (Å²) in [6, 6.07) is 1.81. The van der Waals surface area contributed by atoms with Gasteiger partial charge in [-0.15, -0.1) is 0 Å². The van der Waals surface area contributed by atoms with Crippen molar-refractivity contribution in [2.45, 2.75) is 20.0 Å². The van der Waals surface area contributed by atoms with E-state index in [9.17, 15) is 18.3 Å². The highest BCUT2D eigenvalue weighted by Crippen LogP contribution is 2.22. The van der Waals surface area contributed by atoms with E-state index in [1.165, 1.54) is 6.08 Å². The van der Waals surface area contributed by atoms with Gasteiger partial charge in [-0.1, -0.05) is 17.7 Å². The molecule has 1 atom stereocenters. The summed E-state index contributed by atoms with van der Waals surface area (Å²) in [5.41, 5.74) is 0.488. The maximum absolute atomic E-state index is 13.2. The number of hydrogen-bond acceptors (Lipinski definition) is 1. The second-order valence-electron chi connectivity index (χ2n) is 3.45. The molecule has 0 bridgehead atoms. The summed E-state index contributed by atoms with van der Waals surface area (Å²) in [5, 5.41) is 9.48. The van der Waals surface area contributed by atoms with E-state index < -0.39 is 23.6 Å². The van der Waals surface area contributed by atoms with Crippen LogP contribution < -0.4 is 0 Å². The van der Waals surface area contributed by atoms with Gasteiger partial charge in [0.25, 0.3) is 0 Å². The summed E-state index contributed by atoms with van der Waals surface area (Å²) >= 11 is 0. The molecule has 0 aromatic heterocycles. The number of allylic oxidation sites excluding steroid dienone is 1. The normalized spacial score (nSPS) is 12.4. The molecule has 15 heavy (non-hydrogen) atoms. The number of rotatable bonds is 2. The van der Waals surface area contributed by atoms with Crippen molar-refractivity contribution >= 4 is 0 Å². The van der Waals surface area contributed by atoms with Crippen LogP contribution in [0, 0.1) is 17.5 Å². The fraction of sp³-hybridized carbons (Fsp3) is 0.273. The molecule has 0 heterocycles. The van der Waals surface area contributed by atoms with Crippen molar-refractivity contribution in [3.05, 3.63) is 46.8 Å². The van der Waals surface area contributed by atoms with Gasteiger partial charge in [-0.05, 0) is 19.9 Å². The molecule has 0 aliphatic rings. The van der Waals surface area contributed by atoms with Gasteiger partial charge in [-0.25, -0.2) is 13.2 Å². The highest BCUT2D eigenvalue weighted by molar-refractivity contribution is 5.25. The van der Waals surface area contributed by atoms with Crippen LogP contribution in [0.4, 0.5) is 13.2 Å². The lowest BCUT2D eigenvalue weighted by Gasteiger charge is -2.09. The van der Waals surface area contributed by atoms with Crippen LogP contribution in [-0.2, 0) is 0 Å². The van der Waals surface area contributed by atoms with Crippen LogP contribution >= 0.6 is 0 Å². The molecule has 0 radical (unpaired) electrons. The van der Waals surface area contributed by atoms with Crippen LogP contribution in [-0.4, -0.2) is 5.11 Å². The zero-order valence-corrected chi connectivity index (χ0v) is 8.39. The highest BCUT2D eigenvalue weighted by atomic mass is 19.2. The Labute approximate surface area is 85.9 Å². The van der Waals surface area contributed by atoms with Gasteiger partial charge < -0.3 is 5.11 Å². The molecule has 1 rings (SSSR count). The molecule has 1 N–H and O–H groups in total. The average molecular weight is 216 g/mol. The Hall–Kier alpha value is -1.29. The van der Waals surface area contributed by atoms with Crippen LogP contribution in [0.1, 0.15) is 25.5 Å². The minimum absolute atomic E-state index is 0.268. The second-order valence-corrected chi connectivity index (χ2v) is 3.45. The monoisotopic (exact) mass is 216 g/mol. The van der Waals surface area contributed by atoms with Gasteiger partial charge in [0.05, 0.1) is 0 Å². The zero-order valence-electron chi connectivity index (χ0n) is 8.39. The third-order valence-electron chi connectivity index (χ3n) is 1.87. The first kappa shape index (κ1) is 11.8. The van der Waals surface area contributed by atoms with Gasteiger partial charge in [0.2, 0.25) is 0 Å². The molecule has 1 aromatic rings. The standard InChI is InChI=1S/C11H11F3O/c1-6(2)5-9(15)7-3-4-8(12)11(14)10(7)13/h3-5,9,15H,1-2H3. The van der Waals surface area contributed by atoms with E-state index in [0.29, 0.717) is 0 Å². The molecule has 4 heteroatoms. The predicted molar refractivity (Wildman–Crippen MR) is 50.7 cm³/mol. The molecular weight excluding hydrogens is 205 g/mol. The molecule has 0 aliphatic carbocycles. The highest BCUT2D eigenvalue weighted by Gasteiger charge is 2.17. The van der Waals surface area contributed by atoms with Gasteiger partial charge >= 0.3 is 0 Å². The molecule has 0 amide bonds. The summed E-state index contributed by atoms with van der Waals surface area (Å²) in [6.45, 7) is 3.42. The van der Waals surface area contributed by atoms with Crippen molar-refractivity contribution in [1.29, 1.82) is 0 Å². The minimum atomic E-state index is -1.56. The average Bonchev–Trinajstić information content (AvgIpc) is 2.13. The van der Waals surface area contributed by atoms with Crippen LogP contribution in [0.2, 0.25) is 0 Å². The lowest BCUT2D eigenvalue weighted by molar-refractivity contribution is 0.220. The lowest BCUT2D eigenvalue weighted by Crippen LogP contribution is -2.02. The Morgan fingerprint density at radius 2 is 1.80 bits per heavy atom. The number of aliphatic hydroxyl groups is 1. The SMILES string of the molecule is CC(C)=CC(O)c1ccc(F)c(F)c1F. The van der Waals surface area contributed by atoms with E-state index in [1.54, 1.807) is 13.8 Å². The Morgan fingerprint density at radius 1 is 1.20 bits per heavy atom. The minimum Gasteiger partial charge on any atom is -0.384 e. The maximum Gasteiger partial charge on any atom is 0.194 e. The number of hydrogen-bond donors (Lipinski definition) is 1. The molecule has 0 saturated heterocycles. The molecular formula is C11H11F3O.